The lowest BCUT2D eigenvalue weighted by Crippen LogP contribution is -2.28. The Morgan fingerprint density at radius 3 is 2.81 bits per heavy atom. The van der Waals surface area contributed by atoms with Gasteiger partial charge in [0, 0.05) is 30.8 Å². The fourth-order valence-corrected chi connectivity index (χ4v) is 1.99. The van der Waals surface area contributed by atoms with E-state index in [2.05, 4.69) is 47.1 Å². The highest BCUT2D eigenvalue weighted by atomic mass is 15.1. The van der Waals surface area contributed by atoms with Crippen molar-refractivity contribution in [1.29, 1.82) is 0 Å². The van der Waals surface area contributed by atoms with Crippen LogP contribution in [-0.2, 0) is 6.54 Å². The summed E-state index contributed by atoms with van der Waals surface area (Å²) in [5.74, 6) is 0. The fourth-order valence-electron chi connectivity index (χ4n) is 1.99. The first-order valence-corrected chi connectivity index (χ1v) is 5.82. The molecule has 2 rings (SSSR count). The smallest absolute Gasteiger partial charge is 0.0456 e. The van der Waals surface area contributed by atoms with Gasteiger partial charge in [-0.15, -0.1) is 0 Å². The third-order valence-corrected chi connectivity index (χ3v) is 2.87. The number of likely N-dealkylation sites (N-methyl/N-ethyl adjacent to an activating group) is 1. The van der Waals surface area contributed by atoms with E-state index in [1.807, 2.05) is 0 Å². The van der Waals surface area contributed by atoms with Crippen LogP contribution in [0.3, 0.4) is 0 Å². The second-order valence-corrected chi connectivity index (χ2v) is 4.04. The molecule has 2 aromatic rings. The van der Waals surface area contributed by atoms with Gasteiger partial charge in [-0.25, -0.2) is 0 Å². The van der Waals surface area contributed by atoms with Gasteiger partial charge in [-0.05, 0) is 24.1 Å². The van der Waals surface area contributed by atoms with E-state index in [0.717, 1.165) is 19.6 Å². The summed E-state index contributed by atoms with van der Waals surface area (Å²) in [5, 5.41) is 1.28. The highest BCUT2D eigenvalue weighted by molar-refractivity contribution is 5.80. The highest BCUT2D eigenvalue weighted by Gasteiger charge is 2.05. The van der Waals surface area contributed by atoms with Crippen LogP contribution < -0.4 is 5.73 Å². The van der Waals surface area contributed by atoms with Crippen LogP contribution in [-0.4, -0.2) is 29.5 Å². The van der Waals surface area contributed by atoms with Crippen molar-refractivity contribution in [3.8, 4) is 0 Å². The van der Waals surface area contributed by atoms with Gasteiger partial charge in [-0.3, -0.25) is 4.90 Å². The van der Waals surface area contributed by atoms with Crippen molar-refractivity contribution in [1.82, 2.24) is 9.88 Å². The van der Waals surface area contributed by atoms with Crippen LogP contribution in [0.4, 0.5) is 0 Å². The van der Waals surface area contributed by atoms with Crippen LogP contribution in [0.1, 0.15) is 12.6 Å². The molecule has 0 saturated heterocycles. The number of benzene rings is 1. The van der Waals surface area contributed by atoms with Gasteiger partial charge in [-0.2, -0.15) is 0 Å². The maximum atomic E-state index is 5.58. The first-order chi connectivity index (χ1) is 7.83. The Morgan fingerprint density at radius 1 is 1.31 bits per heavy atom. The number of nitrogens with zero attached hydrogens (tertiary/aromatic N) is 1. The predicted molar refractivity (Wildman–Crippen MR) is 68.3 cm³/mol. The second-order valence-electron chi connectivity index (χ2n) is 4.04. The summed E-state index contributed by atoms with van der Waals surface area (Å²) < 4.78 is 0. The normalized spacial score (nSPS) is 11.4. The molecular weight excluding hydrogens is 198 g/mol. The van der Waals surface area contributed by atoms with E-state index in [-0.39, 0.29) is 0 Å². The monoisotopic (exact) mass is 217 g/mol. The fraction of sp³-hybridized carbons (Fsp3) is 0.385. The maximum absolute atomic E-state index is 5.58. The van der Waals surface area contributed by atoms with Crippen LogP contribution in [0, 0.1) is 0 Å². The van der Waals surface area contributed by atoms with Gasteiger partial charge in [0.25, 0.3) is 0 Å². The zero-order chi connectivity index (χ0) is 11.4. The number of para-hydroxylation sites is 1. The summed E-state index contributed by atoms with van der Waals surface area (Å²) in [6, 6.07) is 10.6. The van der Waals surface area contributed by atoms with Crippen LogP contribution in [0.5, 0.6) is 0 Å². The number of nitrogens with one attached hydrogen (secondary N) is 1. The highest BCUT2D eigenvalue weighted by Crippen LogP contribution is 2.15. The maximum Gasteiger partial charge on any atom is 0.0456 e. The van der Waals surface area contributed by atoms with Gasteiger partial charge in [0.05, 0.1) is 0 Å². The van der Waals surface area contributed by atoms with E-state index in [0.29, 0.717) is 6.54 Å². The number of H-pyrrole nitrogens is 1. The number of aromatic nitrogens is 1. The largest absolute Gasteiger partial charge is 0.357 e. The lowest BCUT2D eigenvalue weighted by molar-refractivity contribution is 0.285. The Kier molecular flexibility index (Phi) is 3.59. The number of fused-ring (bicyclic) bond motifs is 1. The third kappa shape index (κ3) is 2.43. The van der Waals surface area contributed by atoms with Crippen molar-refractivity contribution in [3.05, 3.63) is 36.0 Å². The minimum absolute atomic E-state index is 0.716. The lowest BCUT2D eigenvalue weighted by atomic mass is 10.2. The van der Waals surface area contributed by atoms with Gasteiger partial charge in [0.1, 0.15) is 0 Å². The molecule has 0 unspecified atom stereocenters. The van der Waals surface area contributed by atoms with Gasteiger partial charge in [-0.1, -0.05) is 25.1 Å². The summed E-state index contributed by atoms with van der Waals surface area (Å²) in [4.78, 5) is 5.77. The first kappa shape index (κ1) is 11.2. The number of aromatic amines is 1. The molecule has 86 valence electrons. The first-order valence-electron chi connectivity index (χ1n) is 5.82. The molecule has 0 amide bonds. The Labute approximate surface area is 96.2 Å². The van der Waals surface area contributed by atoms with E-state index in [4.69, 9.17) is 5.73 Å². The quantitative estimate of drug-likeness (QED) is 0.804. The van der Waals surface area contributed by atoms with Gasteiger partial charge in [0.2, 0.25) is 0 Å². The molecule has 0 radical (unpaired) electrons. The minimum atomic E-state index is 0.716. The minimum Gasteiger partial charge on any atom is -0.357 e. The SMILES string of the molecule is CCN(CCN)Cc1cc2ccccc2[nH]1. The molecule has 0 atom stereocenters. The molecule has 1 aromatic heterocycles. The van der Waals surface area contributed by atoms with Crippen molar-refractivity contribution < 1.29 is 0 Å². The van der Waals surface area contributed by atoms with Crippen molar-refractivity contribution >= 4 is 10.9 Å². The zero-order valence-electron chi connectivity index (χ0n) is 9.74. The molecule has 0 saturated carbocycles. The summed E-state index contributed by atoms with van der Waals surface area (Å²) in [6.45, 7) is 5.81. The molecule has 3 heteroatoms. The average molecular weight is 217 g/mol. The van der Waals surface area contributed by atoms with E-state index in [1.165, 1.54) is 16.6 Å². The number of hydrogen-bond donors (Lipinski definition) is 2. The number of hydrogen-bond acceptors (Lipinski definition) is 2. The topological polar surface area (TPSA) is 45.0 Å². The van der Waals surface area contributed by atoms with Crippen molar-refractivity contribution in [2.24, 2.45) is 5.73 Å². The standard InChI is InChI=1S/C13H19N3/c1-2-16(8-7-14)10-12-9-11-5-3-4-6-13(11)15-12/h3-6,9,15H,2,7-8,10,14H2,1H3. The third-order valence-electron chi connectivity index (χ3n) is 2.87. The second kappa shape index (κ2) is 5.14. The molecular formula is C13H19N3. The summed E-state index contributed by atoms with van der Waals surface area (Å²) in [6.07, 6.45) is 0. The van der Waals surface area contributed by atoms with Crippen molar-refractivity contribution in [3.63, 3.8) is 0 Å². The number of rotatable bonds is 5. The molecule has 0 aliphatic heterocycles. The van der Waals surface area contributed by atoms with E-state index < -0.39 is 0 Å². The van der Waals surface area contributed by atoms with Gasteiger partial charge < -0.3 is 10.7 Å². The molecule has 0 fully saturated rings. The van der Waals surface area contributed by atoms with Gasteiger partial charge >= 0.3 is 0 Å². The van der Waals surface area contributed by atoms with E-state index >= 15 is 0 Å². The Hall–Kier alpha value is -1.32. The summed E-state index contributed by atoms with van der Waals surface area (Å²) in [7, 11) is 0. The van der Waals surface area contributed by atoms with Crippen molar-refractivity contribution in [2.75, 3.05) is 19.6 Å². The Bertz CT molecular complexity index is 414. The van der Waals surface area contributed by atoms with Crippen LogP contribution in [0.2, 0.25) is 0 Å². The molecule has 0 aliphatic rings. The molecule has 0 bridgehead atoms. The van der Waals surface area contributed by atoms with Crippen LogP contribution in [0.15, 0.2) is 30.3 Å². The summed E-state index contributed by atoms with van der Waals surface area (Å²) >= 11 is 0. The van der Waals surface area contributed by atoms with Crippen LogP contribution in [0.25, 0.3) is 10.9 Å². The number of nitrogens with two attached hydrogens (primary N) is 1. The average Bonchev–Trinajstić information content (AvgIpc) is 2.70. The Balaban J connectivity index is 2.14. The van der Waals surface area contributed by atoms with E-state index in [1.54, 1.807) is 0 Å². The zero-order valence-corrected chi connectivity index (χ0v) is 9.74. The molecule has 1 heterocycles. The molecule has 3 nitrogen and oxygen atoms in total. The molecule has 1 aromatic carbocycles. The predicted octanol–water partition coefficient (Wildman–Crippen LogP) is 1.95. The van der Waals surface area contributed by atoms with Crippen molar-refractivity contribution in [2.45, 2.75) is 13.5 Å². The molecule has 3 N–H and O–H groups in total. The molecule has 0 aliphatic carbocycles. The summed E-state index contributed by atoms with van der Waals surface area (Å²) in [5.41, 5.74) is 8.05. The Morgan fingerprint density at radius 2 is 2.12 bits per heavy atom. The molecule has 0 spiro atoms. The molecule has 16 heavy (non-hydrogen) atoms. The van der Waals surface area contributed by atoms with Crippen LogP contribution >= 0.6 is 0 Å². The van der Waals surface area contributed by atoms with Gasteiger partial charge in [0.15, 0.2) is 0 Å². The van der Waals surface area contributed by atoms with E-state index in [9.17, 15) is 0 Å². The lowest BCUT2D eigenvalue weighted by Gasteiger charge is -2.18.